The van der Waals surface area contributed by atoms with Gasteiger partial charge in [0.25, 0.3) is 0 Å². The van der Waals surface area contributed by atoms with Crippen LogP contribution in [0.2, 0.25) is 0 Å². The van der Waals surface area contributed by atoms with Gasteiger partial charge in [0.2, 0.25) is 0 Å². The van der Waals surface area contributed by atoms with Crippen molar-refractivity contribution in [2.45, 2.75) is 30.6 Å². The maximum Gasteiger partial charge on any atom is 0.166 e. The van der Waals surface area contributed by atoms with Gasteiger partial charge in [-0.2, -0.15) is 0 Å². The third kappa shape index (κ3) is 1.95. The molecular formula is C6H11N3O5. The minimum Gasteiger partial charge on any atom is -0.394 e. The molecular weight excluding hydrogens is 194 g/mol. The second-order valence-corrected chi connectivity index (χ2v) is 2.92. The van der Waals surface area contributed by atoms with Crippen molar-refractivity contribution in [1.29, 1.82) is 0 Å². The Kier molecular flexibility index (Phi) is 3.64. The van der Waals surface area contributed by atoms with Crippen LogP contribution in [0.25, 0.3) is 10.4 Å². The van der Waals surface area contributed by atoms with Crippen molar-refractivity contribution in [2.24, 2.45) is 5.11 Å². The van der Waals surface area contributed by atoms with Gasteiger partial charge in [-0.1, -0.05) is 5.11 Å². The van der Waals surface area contributed by atoms with Crippen molar-refractivity contribution in [3.63, 3.8) is 0 Å². The lowest BCUT2D eigenvalue weighted by Crippen LogP contribution is -2.57. The van der Waals surface area contributed by atoms with Crippen molar-refractivity contribution in [3.8, 4) is 0 Å². The molecule has 0 aliphatic carbocycles. The molecule has 0 amide bonds. The van der Waals surface area contributed by atoms with Crippen molar-refractivity contribution < 1.29 is 25.2 Å². The lowest BCUT2D eigenvalue weighted by atomic mass is 9.98. The zero-order valence-electron chi connectivity index (χ0n) is 7.13. The van der Waals surface area contributed by atoms with Crippen LogP contribution in [0.1, 0.15) is 0 Å². The van der Waals surface area contributed by atoms with Gasteiger partial charge in [-0.15, -0.1) is 0 Å². The molecule has 80 valence electrons. The Bertz CT molecular complexity index is 244. The highest BCUT2D eigenvalue weighted by atomic mass is 16.6. The van der Waals surface area contributed by atoms with E-state index in [9.17, 15) is 15.3 Å². The van der Waals surface area contributed by atoms with E-state index in [0.717, 1.165) is 0 Å². The standard InChI is InChI=1S/C6H11N3O5/c7-9-8-3-5(12)4(11)2(1-10)14-6(3)13/h2-6,10-13H,1H2/t2-,3-,4-,5-,6-/m1/s1. The highest BCUT2D eigenvalue weighted by Crippen LogP contribution is 2.21. The molecule has 1 aliphatic heterocycles. The number of hydrogen-bond donors (Lipinski definition) is 4. The van der Waals surface area contributed by atoms with Gasteiger partial charge in [0, 0.05) is 4.91 Å². The van der Waals surface area contributed by atoms with E-state index in [4.69, 9.17) is 15.4 Å². The predicted octanol–water partition coefficient (Wildman–Crippen LogP) is -1.90. The molecule has 0 unspecified atom stereocenters. The summed E-state index contributed by atoms with van der Waals surface area (Å²) in [5, 5.41) is 39.7. The fourth-order valence-electron chi connectivity index (χ4n) is 1.27. The van der Waals surface area contributed by atoms with Gasteiger partial charge in [0.1, 0.15) is 18.2 Å². The van der Waals surface area contributed by atoms with Crippen LogP contribution in [0.15, 0.2) is 5.11 Å². The molecule has 0 spiro atoms. The smallest absolute Gasteiger partial charge is 0.166 e. The number of aliphatic hydroxyl groups is 4. The maximum absolute atomic E-state index is 9.37. The number of nitrogens with zero attached hydrogens (tertiary/aromatic N) is 3. The molecule has 0 bridgehead atoms. The van der Waals surface area contributed by atoms with Crippen LogP contribution < -0.4 is 0 Å². The molecule has 1 aliphatic rings. The van der Waals surface area contributed by atoms with Gasteiger partial charge in [-0.05, 0) is 5.53 Å². The predicted molar refractivity (Wildman–Crippen MR) is 42.9 cm³/mol. The Morgan fingerprint density at radius 1 is 1.29 bits per heavy atom. The number of azide groups is 1. The second-order valence-electron chi connectivity index (χ2n) is 2.92. The Balaban J connectivity index is 2.78. The molecule has 0 aromatic rings. The molecule has 5 atom stereocenters. The van der Waals surface area contributed by atoms with E-state index in [1.54, 1.807) is 0 Å². The van der Waals surface area contributed by atoms with Gasteiger partial charge in [-0.3, -0.25) is 0 Å². The van der Waals surface area contributed by atoms with E-state index in [1.807, 2.05) is 0 Å². The molecule has 0 radical (unpaired) electrons. The van der Waals surface area contributed by atoms with Gasteiger partial charge < -0.3 is 25.2 Å². The van der Waals surface area contributed by atoms with Crippen LogP contribution in [0.4, 0.5) is 0 Å². The van der Waals surface area contributed by atoms with Crippen LogP contribution in [-0.2, 0) is 4.74 Å². The minimum absolute atomic E-state index is 0.543. The highest BCUT2D eigenvalue weighted by Gasteiger charge is 2.43. The summed E-state index contributed by atoms with van der Waals surface area (Å²) in [5.41, 5.74) is 8.11. The van der Waals surface area contributed by atoms with E-state index in [0.29, 0.717) is 0 Å². The summed E-state index contributed by atoms with van der Waals surface area (Å²) < 4.78 is 4.71. The summed E-state index contributed by atoms with van der Waals surface area (Å²) in [7, 11) is 0. The van der Waals surface area contributed by atoms with E-state index < -0.39 is 37.3 Å². The molecule has 0 aromatic heterocycles. The minimum atomic E-state index is -1.53. The van der Waals surface area contributed by atoms with Crippen LogP contribution in [0.5, 0.6) is 0 Å². The SMILES string of the molecule is [N-]=[N+]=N[C@@H]1[C@@H](O)[C@H](O)[C@@H](CO)O[C@H]1O. The van der Waals surface area contributed by atoms with E-state index in [1.165, 1.54) is 0 Å². The van der Waals surface area contributed by atoms with Gasteiger partial charge >= 0.3 is 0 Å². The van der Waals surface area contributed by atoms with Crippen LogP contribution in [0, 0.1) is 0 Å². The molecule has 0 aromatic carbocycles. The second kappa shape index (κ2) is 4.56. The molecule has 1 heterocycles. The summed E-state index contributed by atoms with van der Waals surface area (Å²) in [4.78, 5) is 2.40. The highest BCUT2D eigenvalue weighted by molar-refractivity contribution is 4.92. The van der Waals surface area contributed by atoms with Gasteiger partial charge in [-0.25, -0.2) is 0 Å². The molecule has 4 N–H and O–H groups in total. The van der Waals surface area contributed by atoms with Crippen LogP contribution >= 0.6 is 0 Å². The average molecular weight is 205 g/mol. The molecule has 8 nitrogen and oxygen atoms in total. The first-order chi connectivity index (χ1) is 6.61. The van der Waals surface area contributed by atoms with Crippen molar-refractivity contribution in [3.05, 3.63) is 10.4 Å². The largest absolute Gasteiger partial charge is 0.394 e. The Morgan fingerprint density at radius 2 is 1.93 bits per heavy atom. The molecule has 1 rings (SSSR count). The first kappa shape index (κ1) is 11.2. The lowest BCUT2D eigenvalue weighted by Gasteiger charge is -2.37. The molecule has 0 saturated carbocycles. The van der Waals surface area contributed by atoms with E-state index >= 15 is 0 Å². The Hall–Kier alpha value is -0.890. The number of ether oxygens (including phenoxy) is 1. The molecule has 1 saturated heterocycles. The fourth-order valence-corrected chi connectivity index (χ4v) is 1.27. The summed E-state index contributed by atoms with van der Waals surface area (Å²) in [5.74, 6) is 0. The lowest BCUT2D eigenvalue weighted by molar-refractivity contribution is -0.248. The van der Waals surface area contributed by atoms with Crippen LogP contribution in [0.3, 0.4) is 0 Å². The summed E-state index contributed by atoms with van der Waals surface area (Å²) >= 11 is 0. The average Bonchev–Trinajstić information content (AvgIpc) is 2.18. The van der Waals surface area contributed by atoms with Crippen molar-refractivity contribution >= 4 is 0 Å². The zero-order valence-corrected chi connectivity index (χ0v) is 7.13. The van der Waals surface area contributed by atoms with E-state index in [-0.39, 0.29) is 0 Å². The first-order valence-corrected chi connectivity index (χ1v) is 3.96. The number of rotatable bonds is 2. The summed E-state index contributed by atoms with van der Waals surface area (Å²) in [6.07, 6.45) is -5.45. The number of aliphatic hydroxyl groups excluding tert-OH is 4. The maximum atomic E-state index is 9.37. The quantitative estimate of drug-likeness (QED) is 0.237. The summed E-state index contributed by atoms with van der Waals surface area (Å²) in [6, 6.07) is -1.27. The van der Waals surface area contributed by atoms with E-state index in [2.05, 4.69) is 10.0 Å². The summed E-state index contributed by atoms with van der Waals surface area (Å²) in [6.45, 7) is -0.543. The third-order valence-corrected chi connectivity index (χ3v) is 2.05. The fraction of sp³-hybridized carbons (Fsp3) is 1.00. The monoisotopic (exact) mass is 205 g/mol. The molecule has 14 heavy (non-hydrogen) atoms. The molecule has 8 heteroatoms. The number of hydrogen-bond acceptors (Lipinski definition) is 6. The van der Waals surface area contributed by atoms with Gasteiger partial charge in [0.15, 0.2) is 6.29 Å². The topological polar surface area (TPSA) is 139 Å². The molecule has 1 fully saturated rings. The van der Waals surface area contributed by atoms with Crippen LogP contribution in [-0.4, -0.2) is 57.7 Å². The Morgan fingerprint density at radius 3 is 2.43 bits per heavy atom. The zero-order chi connectivity index (χ0) is 10.7. The third-order valence-electron chi connectivity index (χ3n) is 2.05. The normalized spacial score (nSPS) is 43.0. The first-order valence-electron chi connectivity index (χ1n) is 3.96. The Labute approximate surface area is 79.0 Å². The van der Waals surface area contributed by atoms with Gasteiger partial charge in [0.05, 0.1) is 12.7 Å². The van der Waals surface area contributed by atoms with Crippen molar-refractivity contribution in [1.82, 2.24) is 0 Å². The van der Waals surface area contributed by atoms with Crippen molar-refractivity contribution in [2.75, 3.05) is 6.61 Å².